The molecule has 0 aromatic heterocycles. The number of sulfonamides is 1. The third-order valence-electron chi connectivity index (χ3n) is 4.74. The Morgan fingerprint density at radius 3 is 2.69 bits per heavy atom. The molecular formula is C19H31N3O3S. The predicted molar refractivity (Wildman–Crippen MR) is 106 cm³/mol. The molecule has 146 valence electrons. The number of hydrogen-bond donors (Lipinski definition) is 1. The first-order chi connectivity index (χ1) is 12.5. The van der Waals surface area contributed by atoms with E-state index < -0.39 is 16.1 Å². The van der Waals surface area contributed by atoms with E-state index in [0.29, 0.717) is 25.9 Å². The zero-order valence-corrected chi connectivity index (χ0v) is 16.7. The van der Waals surface area contributed by atoms with E-state index in [9.17, 15) is 13.2 Å². The third-order valence-corrected chi connectivity index (χ3v) is 6.82. The number of rotatable bonds is 10. The van der Waals surface area contributed by atoms with Gasteiger partial charge in [0.05, 0.1) is 5.75 Å². The van der Waals surface area contributed by atoms with Gasteiger partial charge in [-0.3, -0.25) is 4.79 Å². The van der Waals surface area contributed by atoms with Gasteiger partial charge in [0, 0.05) is 32.4 Å². The first-order valence-corrected chi connectivity index (χ1v) is 11.1. The van der Waals surface area contributed by atoms with Crippen LogP contribution in [-0.4, -0.2) is 57.1 Å². The molecule has 1 heterocycles. The molecule has 1 saturated heterocycles. The zero-order valence-electron chi connectivity index (χ0n) is 15.9. The smallest absolute Gasteiger partial charge is 0.238 e. The van der Waals surface area contributed by atoms with Crippen LogP contribution in [0.3, 0.4) is 0 Å². The number of carbonyl (C=O) groups excluding carboxylic acids is 1. The summed E-state index contributed by atoms with van der Waals surface area (Å²) in [4.78, 5) is 14.6. The molecule has 0 bridgehead atoms. The van der Waals surface area contributed by atoms with Crippen LogP contribution < -0.4 is 10.2 Å². The monoisotopic (exact) mass is 381 g/mol. The highest BCUT2D eigenvalue weighted by Gasteiger charge is 2.37. The largest absolute Gasteiger partial charge is 0.375 e. The summed E-state index contributed by atoms with van der Waals surface area (Å²) < 4.78 is 25.9. The van der Waals surface area contributed by atoms with Crippen molar-refractivity contribution >= 4 is 21.6 Å². The fourth-order valence-corrected chi connectivity index (χ4v) is 5.07. The average molecular weight is 382 g/mol. The van der Waals surface area contributed by atoms with Crippen molar-refractivity contribution < 1.29 is 13.2 Å². The van der Waals surface area contributed by atoms with Crippen molar-refractivity contribution in [2.24, 2.45) is 0 Å². The molecule has 1 N–H and O–H groups in total. The number of unbranched alkanes of at least 4 members (excludes halogenated alkanes) is 1. The van der Waals surface area contributed by atoms with E-state index in [1.165, 1.54) is 9.99 Å². The highest BCUT2D eigenvalue weighted by Crippen LogP contribution is 2.22. The van der Waals surface area contributed by atoms with Gasteiger partial charge < -0.3 is 10.2 Å². The Labute approximate surface area is 157 Å². The first-order valence-electron chi connectivity index (χ1n) is 9.49. The summed E-state index contributed by atoms with van der Waals surface area (Å²) in [6, 6.07) is 9.66. The van der Waals surface area contributed by atoms with E-state index in [-0.39, 0.29) is 11.7 Å². The SMILES string of the molecule is CCCS(=O)(=O)N1CCCC1C(=O)NCCCCN(C)c1ccccc1. The maximum absolute atomic E-state index is 12.4. The van der Waals surface area contributed by atoms with Crippen molar-refractivity contribution in [2.75, 3.05) is 37.3 Å². The Bertz CT molecular complexity index is 664. The molecule has 1 fully saturated rings. The number of hydrogen-bond acceptors (Lipinski definition) is 4. The third kappa shape index (κ3) is 5.71. The Hall–Kier alpha value is -1.60. The van der Waals surface area contributed by atoms with Gasteiger partial charge in [-0.1, -0.05) is 25.1 Å². The van der Waals surface area contributed by atoms with Crippen molar-refractivity contribution in [3.05, 3.63) is 30.3 Å². The van der Waals surface area contributed by atoms with Gasteiger partial charge in [0.2, 0.25) is 15.9 Å². The van der Waals surface area contributed by atoms with Gasteiger partial charge in [-0.15, -0.1) is 0 Å². The summed E-state index contributed by atoms with van der Waals surface area (Å²) in [5, 5.41) is 2.92. The van der Waals surface area contributed by atoms with Crippen LogP contribution in [0.2, 0.25) is 0 Å². The maximum Gasteiger partial charge on any atom is 0.238 e. The standard InChI is InChI=1S/C19H31N3O3S/c1-3-16-26(24,25)22-15-9-12-18(22)19(23)20-13-7-8-14-21(2)17-10-5-4-6-11-17/h4-6,10-11,18H,3,7-9,12-16H2,1-2H3,(H,20,23). The van der Waals surface area contributed by atoms with Gasteiger partial charge in [-0.25, -0.2) is 8.42 Å². The molecule has 2 rings (SSSR count). The van der Waals surface area contributed by atoms with Crippen molar-refractivity contribution in [1.82, 2.24) is 9.62 Å². The van der Waals surface area contributed by atoms with Crippen molar-refractivity contribution in [1.29, 1.82) is 0 Å². The minimum absolute atomic E-state index is 0.114. The Balaban J connectivity index is 1.71. The lowest BCUT2D eigenvalue weighted by atomic mass is 10.2. The molecule has 0 radical (unpaired) electrons. The summed E-state index contributed by atoms with van der Waals surface area (Å²) in [6.07, 6.45) is 3.78. The van der Waals surface area contributed by atoms with Gasteiger partial charge in [0.25, 0.3) is 0 Å². The molecule has 1 amide bonds. The number of carbonyl (C=O) groups is 1. The maximum atomic E-state index is 12.4. The molecule has 1 aromatic rings. The second-order valence-electron chi connectivity index (χ2n) is 6.84. The fraction of sp³-hybridized carbons (Fsp3) is 0.632. The second kappa shape index (κ2) is 9.92. The van der Waals surface area contributed by atoms with E-state index >= 15 is 0 Å². The number of benzene rings is 1. The topological polar surface area (TPSA) is 69.7 Å². The Morgan fingerprint density at radius 1 is 1.27 bits per heavy atom. The lowest BCUT2D eigenvalue weighted by Gasteiger charge is -2.23. The number of amides is 1. The summed E-state index contributed by atoms with van der Waals surface area (Å²) in [7, 11) is -1.26. The summed E-state index contributed by atoms with van der Waals surface area (Å²) in [5.74, 6) is -0.0404. The van der Waals surface area contributed by atoms with E-state index in [2.05, 4.69) is 29.4 Å². The van der Waals surface area contributed by atoms with Crippen LogP contribution in [0.4, 0.5) is 5.69 Å². The quantitative estimate of drug-likeness (QED) is 0.631. The highest BCUT2D eigenvalue weighted by atomic mass is 32.2. The van der Waals surface area contributed by atoms with E-state index in [1.807, 2.05) is 25.1 Å². The Morgan fingerprint density at radius 2 is 2.00 bits per heavy atom. The molecular weight excluding hydrogens is 350 g/mol. The van der Waals surface area contributed by atoms with Gasteiger partial charge >= 0.3 is 0 Å². The molecule has 0 saturated carbocycles. The molecule has 1 aliphatic rings. The molecule has 26 heavy (non-hydrogen) atoms. The molecule has 7 heteroatoms. The van der Waals surface area contributed by atoms with Crippen LogP contribution in [0.15, 0.2) is 30.3 Å². The number of nitrogens with one attached hydrogen (secondary N) is 1. The van der Waals surface area contributed by atoms with Crippen LogP contribution in [0.1, 0.15) is 39.0 Å². The van der Waals surface area contributed by atoms with Gasteiger partial charge in [-0.2, -0.15) is 4.31 Å². The number of nitrogens with zero attached hydrogens (tertiary/aromatic N) is 2. The molecule has 1 aromatic carbocycles. The molecule has 1 aliphatic heterocycles. The molecule has 0 spiro atoms. The summed E-state index contributed by atoms with van der Waals surface area (Å²) >= 11 is 0. The van der Waals surface area contributed by atoms with Crippen molar-refractivity contribution in [3.8, 4) is 0 Å². The molecule has 6 nitrogen and oxygen atoms in total. The van der Waals surface area contributed by atoms with Gasteiger partial charge in [-0.05, 0) is 44.2 Å². The normalized spacial score (nSPS) is 18.0. The van der Waals surface area contributed by atoms with Crippen molar-refractivity contribution in [2.45, 2.75) is 45.1 Å². The summed E-state index contributed by atoms with van der Waals surface area (Å²) in [5.41, 5.74) is 1.18. The number of para-hydroxylation sites is 1. The molecule has 1 atom stereocenters. The lowest BCUT2D eigenvalue weighted by molar-refractivity contribution is -0.124. The lowest BCUT2D eigenvalue weighted by Crippen LogP contribution is -2.46. The van der Waals surface area contributed by atoms with Gasteiger partial charge in [0.15, 0.2) is 0 Å². The van der Waals surface area contributed by atoms with E-state index in [4.69, 9.17) is 0 Å². The van der Waals surface area contributed by atoms with E-state index in [1.54, 1.807) is 0 Å². The first kappa shape index (κ1) is 20.7. The van der Waals surface area contributed by atoms with Crippen LogP contribution in [0, 0.1) is 0 Å². The van der Waals surface area contributed by atoms with Gasteiger partial charge in [0.1, 0.15) is 6.04 Å². The van der Waals surface area contributed by atoms with Crippen LogP contribution in [-0.2, 0) is 14.8 Å². The average Bonchev–Trinajstić information content (AvgIpc) is 3.13. The van der Waals surface area contributed by atoms with Crippen LogP contribution >= 0.6 is 0 Å². The van der Waals surface area contributed by atoms with E-state index in [0.717, 1.165) is 25.8 Å². The Kier molecular flexibility index (Phi) is 7.90. The predicted octanol–water partition coefficient (Wildman–Crippen LogP) is 2.22. The molecule has 1 unspecified atom stereocenters. The second-order valence-corrected chi connectivity index (χ2v) is 8.88. The minimum Gasteiger partial charge on any atom is -0.375 e. The highest BCUT2D eigenvalue weighted by molar-refractivity contribution is 7.89. The van der Waals surface area contributed by atoms with Crippen molar-refractivity contribution in [3.63, 3.8) is 0 Å². The zero-order chi connectivity index (χ0) is 19.0. The molecule has 0 aliphatic carbocycles. The van der Waals surface area contributed by atoms with Crippen LogP contribution in [0.25, 0.3) is 0 Å². The number of anilines is 1. The minimum atomic E-state index is -3.32. The van der Waals surface area contributed by atoms with Crippen LogP contribution in [0.5, 0.6) is 0 Å². The summed E-state index contributed by atoms with van der Waals surface area (Å²) in [6.45, 7) is 3.80. The fourth-order valence-electron chi connectivity index (χ4n) is 3.33.